The van der Waals surface area contributed by atoms with Crippen molar-refractivity contribution in [3.8, 4) is 0 Å². The Morgan fingerprint density at radius 3 is 2.85 bits per heavy atom. The van der Waals surface area contributed by atoms with Crippen LogP contribution in [0.15, 0.2) is 23.0 Å². The molecule has 1 aromatic heterocycles. The normalized spacial score (nSPS) is 17.6. The lowest BCUT2D eigenvalue weighted by Gasteiger charge is -2.12. The highest BCUT2D eigenvalue weighted by atomic mass is 16.1. The number of fused-ring (bicyclic) bond motifs is 2. The number of nitrogens with one attached hydrogen (secondary N) is 2. The summed E-state index contributed by atoms with van der Waals surface area (Å²) in [6.07, 6.45) is 7.72. The number of carbonyl (C=O) groups is 1. The Morgan fingerprint density at radius 1 is 1.15 bits per heavy atom. The molecule has 2 aromatic rings. The summed E-state index contributed by atoms with van der Waals surface area (Å²) in [7, 11) is 0. The molecule has 0 atom stereocenters. The number of likely N-dealkylation sites (tertiary alicyclic amines) is 1. The number of benzene rings is 1. The third-order valence-corrected chi connectivity index (χ3v) is 5.88. The fraction of sp³-hybridized carbons (Fsp3) is 0.571. The molecule has 0 bridgehead atoms. The first-order valence-electron chi connectivity index (χ1n) is 10.4. The minimum atomic E-state index is -0.0785. The van der Waals surface area contributed by atoms with E-state index in [-0.39, 0.29) is 11.5 Å². The predicted molar refractivity (Wildman–Crippen MR) is 105 cm³/mol. The Balaban J connectivity index is 1.45. The molecule has 0 saturated carbocycles. The number of nitrogens with zero attached hydrogens (tertiary/aromatic N) is 2. The summed E-state index contributed by atoms with van der Waals surface area (Å²) in [5.74, 6) is 0.779. The zero-order valence-corrected chi connectivity index (χ0v) is 15.9. The van der Waals surface area contributed by atoms with Crippen molar-refractivity contribution in [3.05, 3.63) is 39.9 Å². The van der Waals surface area contributed by atoms with Gasteiger partial charge in [0, 0.05) is 44.3 Å². The maximum absolute atomic E-state index is 12.8. The highest BCUT2D eigenvalue weighted by Crippen LogP contribution is 2.16. The van der Waals surface area contributed by atoms with Crippen LogP contribution in [0.1, 0.15) is 54.7 Å². The summed E-state index contributed by atoms with van der Waals surface area (Å²) in [6, 6.07) is 5.27. The van der Waals surface area contributed by atoms with Gasteiger partial charge in [-0.25, -0.2) is 4.98 Å². The molecule has 1 amide bonds. The van der Waals surface area contributed by atoms with Crippen LogP contribution in [-0.4, -0.2) is 41.6 Å². The molecule has 0 spiro atoms. The number of hydrogen-bond acceptors (Lipinski definition) is 3. The molecule has 1 aromatic carbocycles. The Bertz CT molecular complexity index is 884. The van der Waals surface area contributed by atoms with Crippen molar-refractivity contribution >= 4 is 16.8 Å². The highest BCUT2D eigenvalue weighted by molar-refractivity contribution is 5.97. The SMILES string of the molecule is O=C(NCCC[NH+]1CCCC1)c1ccc2c(=O)n3c(nc2c1)CCCCC3. The van der Waals surface area contributed by atoms with E-state index >= 15 is 0 Å². The molecular formula is C21H29N4O2+. The average Bonchev–Trinajstić information content (AvgIpc) is 3.09. The summed E-state index contributed by atoms with van der Waals surface area (Å²) in [5.41, 5.74) is 1.25. The maximum atomic E-state index is 12.8. The quantitative estimate of drug-likeness (QED) is 0.770. The van der Waals surface area contributed by atoms with Crippen LogP contribution in [0.3, 0.4) is 0 Å². The second-order valence-electron chi connectivity index (χ2n) is 7.84. The van der Waals surface area contributed by atoms with Gasteiger partial charge in [-0.3, -0.25) is 14.2 Å². The first-order chi connectivity index (χ1) is 13.2. The van der Waals surface area contributed by atoms with E-state index < -0.39 is 0 Å². The Morgan fingerprint density at radius 2 is 2.00 bits per heavy atom. The third-order valence-electron chi connectivity index (χ3n) is 5.88. The fourth-order valence-electron chi connectivity index (χ4n) is 4.33. The molecule has 2 aliphatic heterocycles. The first kappa shape index (κ1) is 18.2. The second-order valence-corrected chi connectivity index (χ2v) is 7.84. The molecule has 1 saturated heterocycles. The third kappa shape index (κ3) is 4.05. The van der Waals surface area contributed by atoms with Crippen LogP contribution in [0.5, 0.6) is 0 Å². The number of hydrogen-bond donors (Lipinski definition) is 2. The number of aryl methyl sites for hydroxylation is 1. The first-order valence-corrected chi connectivity index (χ1v) is 10.4. The zero-order valence-electron chi connectivity index (χ0n) is 15.9. The number of carbonyl (C=O) groups excluding carboxylic acids is 1. The molecule has 6 heteroatoms. The molecule has 2 N–H and O–H groups in total. The molecule has 27 heavy (non-hydrogen) atoms. The molecule has 144 valence electrons. The summed E-state index contributed by atoms with van der Waals surface area (Å²) in [4.78, 5) is 31.6. The van der Waals surface area contributed by atoms with Gasteiger partial charge in [0.25, 0.3) is 11.5 Å². The van der Waals surface area contributed by atoms with Gasteiger partial charge < -0.3 is 10.2 Å². The second kappa shape index (κ2) is 8.21. The van der Waals surface area contributed by atoms with E-state index in [2.05, 4.69) is 5.32 Å². The van der Waals surface area contributed by atoms with Crippen LogP contribution in [-0.2, 0) is 13.0 Å². The lowest BCUT2D eigenvalue weighted by Crippen LogP contribution is -3.10. The van der Waals surface area contributed by atoms with E-state index in [1.807, 2.05) is 4.57 Å². The van der Waals surface area contributed by atoms with Gasteiger partial charge in [-0.05, 0) is 31.0 Å². The van der Waals surface area contributed by atoms with Gasteiger partial charge in [-0.15, -0.1) is 0 Å². The van der Waals surface area contributed by atoms with Crippen molar-refractivity contribution in [1.82, 2.24) is 14.9 Å². The van der Waals surface area contributed by atoms with Crippen molar-refractivity contribution < 1.29 is 9.69 Å². The number of quaternary nitrogens is 1. The number of rotatable bonds is 5. The van der Waals surface area contributed by atoms with E-state index in [4.69, 9.17) is 4.98 Å². The van der Waals surface area contributed by atoms with Crippen molar-refractivity contribution in [2.24, 2.45) is 0 Å². The van der Waals surface area contributed by atoms with E-state index in [0.717, 1.165) is 51.0 Å². The molecule has 0 radical (unpaired) electrons. The predicted octanol–water partition coefficient (Wildman–Crippen LogP) is 0.922. The number of aromatic nitrogens is 2. The lowest BCUT2D eigenvalue weighted by atomic mass is 10.1. The zero-order chi connectivity index (χ0) is 18.6. The summed E-state index contributed by atoms with van der Waals surface area (Å²) in [6.45, 7) is 5.11. The molecule has 1 fully saturated rings. The molecular weight excluding hydrogens is 340 g/mol. The van der Waals surface area contributed by atoms with Gasteiger partial charge in [0.15, 0.2) is 0 Å². The van der Waals surface area contributed by atoms with E-state index in [0.29, 0.717) is 23.0 Å². The molecule has 0 unspecified atom stereocenters. The van der Waals surface area contributed by atoms with Crippen LogP contribution in [0.25, 0.3) is 10.9 Å². The fourth-order valence-corrected chi connectivity index (χ4v) is 4.33. The molecule has 6 nitrogen and oxygen atoms in total. The Hall–Kier alpha value is -2.21. The summed E-state index contributed by atoms with van der Waals surface area (Å²) >= 11 is 0. The van der Waals surface area contributed by atoms with Gasteiger partial charge in [-0.2, -0.15) is 0 Å². The van der Waals surface area contributed by atoms with Gasteiger partial charge in [0.05, 0.1) is 30.5 Å². The smallest absolute Gasteiger partial charge is 0.261 e. The molecule has 4 rings (SSSR count). The molecule has 2 aliphatic rings. The Kier molecular flexibility index (Phi) is 5.53. The van der Waals surface area contributed by atoms with Gasteiger partial charge in [0.2, 0.25) is 0 Å². The van der Waals surface area contributed by atoms with Crippen molar-refractivity contribution in [2.75, 3.05) is 26.2 Å². The standard InChI is InChI=1S/C21H28N4O2/c26-20(22-10-6-13-24-11-4-5-12-24)16-8-9-17-18(15-16)23-19-7-2-1-3-14-25(19)21(17)27/h8-9,15H,1-7,10-14H2,(H,22,26)/p+1. The van der Waals surface area contributed by atoms with E-state index in [1.54, 1.807) is 23.1 Å². The van der Waals surface area contributed by atoms with Crippen molar-refractivity contribution in [3.63, 3.8) is 0 Å². The largest absolute Gasteiger partial charge is 0.352 e. The van der Waals surface area contributed by atoms with Crippen LogP contribution >= 0.6 is 0 Å². The Labute approximate surface area is 159 Å². The molecule has 0 aliphatic carbocycles. The van der Waals surface area contributed by atoms with Crippen LogP contribution in [0.2, 0.25) is 0 Å². The van der Waals surface area contributed by atoms with E-state index in [9.17, 15) is 9.59 Å². The summed E-state index contributed by atoms with van der Waals surface area (Å²) < 4.78 is 1.82. The number of amides is 1. The highest BCUT2D eigenvalue weighted by Gasteiger charge is 2.16. The maximum Gasteiger partial charge on any atom is 0.261 e. The van der Waals surface area contributed by atoms with Crippen LogP contribution in [0, 0.1) is 0 Å². The average molecular weight is 369 g/mol. The monoisotopic (exact) mass is 369 g/mol. The lowest BCUT2D eigenvalue weighted by molar-refractivity contribution is -0.887. The van der Waals surface area contributed by atoms with Gasteiger partial charge in [-0.1, -0.05) is 6.42 Å². The van der Waals surface area contributed by atoms with Gasteiger partial charge in [0.1, 0.15) is 5.82 Å². The van der Waals surface area contributed by atoms with Crippen molar-refractivity contribution in [2.45, 2.75) is 51.5 Å². The molecule has 3 heterocycles. The summed E-state index contributed by atoms with van der Waals surface area (Å²) in [5, 5.41) is 3.62. The topological polar surface area (TPSA) is 68.4 Å². The van der Waals surface area contributed by atoms with Gasteiger partial charge >= 0.3 is 0 Å². The van der Waals surface area contributed by atoms with Crippen LogP contribution in [0.4, 0.5) is 0 Å². The van der Waals surface area contributed by atoms with Crippen LogP contribution < -0.4 is 15.8 Å². The van der Waals surface area contributed by atoms with Crippen molar-refractivity contribution in [1.29, 1.82) is 0 Å². The minimum absolute atomic E-state index is 0.0254. The van der Waals surface area contributed by atoms with E-state index in [1.165, 1.54) is 25.9 Å². The minimum Gasteiger partial charge on any atom is -0.352 e.